The summed E-state index contributed by atoms with van der Waals surface area (Å²) in [6.45, 7) is 6.58. The van der Waals surface area contributed by atoms with Gasteiger partial charge in [-0.2, -0.15) is 11.8 Å². The molecule has 0 bridgehead atoms. The van der Waals surface area contributed by atoms with Gasteiger partial charge in [-0.15, -0.1) is 0 Å². The normalized spacial score (nSPS) is 12.3. The van der Waals surface area contributed by atoms with Crippen LogP contribution in [0.15, 0.2) is 0 Å². The van der Waals surface area contributed by atoms with Gasteiger partial charge >= 0.3 is 7.60 Å². The first-order valence-corrected chi connectivity index (χ1v) is 24.7. The smallest absolute Gasteiger partial charge is 0.378 e. The van der Waals surface area contributed by atoms with Crippen LogP contribution in [0.2, 0.25) is 0 Å². The largest absolute Gasteiger partial charge is 0.394 e. The van der Waals surface area contributed by atoms with Gasteiger partial charge in [0.2, 0.25) is 5.91 Å². The monoisotopic (exact) mass is 840 g/mol. The summed E-state index contributed by atoms with van der Waals surface area (Å²) < 4.78 is 32.4. The third-order valence-corrected chi connectivity index (χ3v) is 11.3. The van der Waals surface area contributed by atoms with Crippen molar-refractivity contribution in [2.24, 2.45) is 0 Å². The average Bonchev–Trinajstić information content (AvgIpc) is 3.17. The number of amides is 1. The predicted octanol–water partition coefficient (Wildman–Crippen LogP) is 7.30. The van der Waals surface area contributed by atoms with Crippen LogP contribution in [-0.2, 0) is 37.9 Å². The summed E-state index contributed by atoms with van der Waals surface area (Å²) in [7, 11) is -4.75. The van der Waals surface area contributed by atoms with Crippen molar-refractivity contribution in [1.29, 1.82) is 0 Å². The van der Waals surface area contributed by atoms with Gasteiger partial charge < -0.3 is 44.2 Å². The molecule has 0 aromatic rings. The Morgan fingerprint density at radius 1 is 0.643 bits per heavy atom. The standard InChI is InChI=1S/C41H82N3O10PS/c1-2-3-4-5-6-7-8-9-10-11-14-17-20-24-40(46)44-39(35-42-26-29-51-30-31-52-32-33-53-36-41(47)55(48,49)50)37-56-34-23-28-54-38-43-25-21-18-15-12-13-16-19-22-27-45/h27,39,42-43H,2-26,28-38H2,1H3,(H,44,46)(H2,48,49,50). The zero-order valence-electron chi connectivity index (χ0n) is 35.1. The second kappa shape index (κ2) is 43.6. The van der Waals surface area contributed by atoms with Crippen LogP contribution >= 0.6 is 19.4 Å². The van der Waals surface area contributed by atoms with Crippen molar-refractivity contribution < 1.29 is 47.7 Å². The van der Waals surface area contributed by atoms with E-state index in [1.165, 1.54) is 96.3 Å². The van der Waals surface area contributed by atoms with E-state index in [1.807, 2.05) is 11.8 Å². The summed E-state index contributed by atoms with van der Waals surface area (Å²) in [4.78, 5) is 51.8. The molecule has 0 heterocycles. The van der Waals surface area contributed by atoms with Crippen molar-refractivity contribution in [3.05, 3.63) is 0 Å². The van der Waals surface area contributed by atoms with E-state index in [0.29, 0.717) is 59.1 Å². The number of aldehydes is 1. The highest BCUT2D eigenvalue weighted by molar-refractivity contribution is 7.99. The Morgan fingerprint density at radius 3 is 1.80 bits per heavy atom. The maximum atomic E-state index is 12.8. The molecule has 0 fully saturated rings. The topological polar surface area (TPSA) is 182 Å². The van der Waals surface area contributed by atoms with Crippen LogP contribution < -0.4 is 16.0 Å². The van der Waals surface area contributed by atoms with Gasteiger partial charge in [0, 0.05) is 38.3 Å². The molecule has 332 valence electrons. The summed E-state index contributed by atoms with van der Waals surface area (Å²) >= 11 is 1.83. The molecule has 0 spiro atoms. The molecule has 0 saturated heterocycles. The van der Waals surface area contributed by atoms with Crippen LogP contribution in [0.3, 0.4) is 0 Å². The molecule has 0 aromatic carbocycles. The van der Waals surface area contributed by atoms with E-state index in [4.69, 9.17) is 28.7 Å². The van der Waals surface area contributed by atoms with Crippen molar-refractivity contribution in [3.8, 4) is 0 Å². The van der Waals surface area contributed by atoms with Gasteiger partial charge in [0.25, 0.3) is 5.52 Å². The maximum absolute atomic E-state index is 12.8. The SMILES string of the molecule is CCCCCCCCCCCCCCCC(=O)NC(CNCCOCCOCCOCC(=O)P(=O)(O)O)CSCCCOCNCCCCCCCCCC=O. The number of thioether (sulfide) groups is 1. The Balaban J connectivity index is 4.13. The number of ether oxygens (including phenoxy) is 4. The molecule has 0 aliphatic rings. The molecule has 1 unspecified atom stereocenters. The highest BCUT2D eigenvalue weighted by Gasteiger charge is 2.25. The van der Waals surface area contributed by atoms with Crippen LogP contribution in [0.4, 0.5) is 0 Å². The molecule has 1 atom stereocenters. The number of rotatable bonds is 47. The Kier molecular flexibility index (Phi) is 42.9. The zero-order valence-corrected chi connectivity index (χ0v) is 36.8. The Labute approximate surface area is 344 Å². The number of unbranched alkanes of at least 4 members (excludes halogenated alkanes) is 19. The summed E-state index contributed by atoms with van der Waals surface area (Å²) in [6, 6.07) is 0.0224. The molecule has 5 N–H and O–H groups in total. The van der Waals surface area contributed by atoms with E-state index in [0.717, 1.165) is 62.9 Å². The van der Waals surface area contributed by atoms with E-state index in [2.05, 4.69) is 22.9 Å². The number of hydrogen-bond donors (Lipinski definition) is 5. The number of carbonyl (C=O) groups excluding carboxylic acids is 3. The summed E-state index contributed by atoms with van der Waals surface area (Å²) in [5, 5.41) is 10.0. The van der Waals surface area contributed by atoms with Crippen molar-refractivity contribution in [2.45, 2.75) is 161 Å². The first-order valence-electron chi connectivity index (χ1n) is 21.9. The lowest BCUT2D eigenvalue weighted by atomic mass is 10.0. The fraction of sp³-hybridized carbons (Fsp3) is 0.927. The van der Waals surface area contributed by atoms with Crippen molar-refractivity contribution >= 4 is 37.1 Å². The third-order valence-electron chi connectivity index (χ3n) is 9.26. The molecule has 0 aliphatic carbocycles. The van der Waals surface area contributed by atoms with Crippen LogP contribution in [0.1, 0.15) is 155 Å². The quantitative estimate of drug-likeness (QED) is 0.0178. The number of hydrogen-bond acceptors (Lipinski definition) is 11. The van der Waals surface area contributed by atoms with Gasteiger partial charge in [-0.25, -0.2) is 0 Å². The van der Waals surface area contributed by atoms with E-state index < -0.39 is 19.7 Å². The molecule has 0 rings (SSSR count). The molecular weight excluding hydrogens is 758 g/mol. The second-order valence-electron chi connectivity index (χ2n) is 14.6. The van der Waals surface area contributed by atoms with Crippen LogP contribution in [-0.4, -0.2) is 118 Å². The molecule has 0 aromatic heterocycles. The van der Waals surface area contributed by atoms with Crippen LogP contribution in [0.5, 0.6) is 0 Å². The molecule has 0 aliphatic heterocycles. The van der Waals surface area contributed by atoms with Gasteiger partial charge in [-0.3, -0.25) is 19.5 Å². The molecular formula is C41H82N3O10PS. The Morgan fingerprint density at radius 2 is 1.20 bits per heavy atom. The van der Waals surface area contributed by atoms with E-state index in [9.17, 15) is 18.9 Å². The maximum Gasteiger partial charge on any atom is 0.394 e. The van der Waals surface area contributed by atoms with Crippen LogP contribution in [0.25, 0.3) is 0 Å². The molecule has 13 nitrogen and oxygen atoms in total. The van der Waals surface area contributed by atoms with E-state index >= 15 is 0 Å². The minimum Gasteiger partial charge on any atom is -0.378 e. The molecule has 0 saturated carbocycles. The fourth-order valence-corrected chi connectivity index (χ4v) is 7.16. The zero-order chi connectivity index (χ0) is 41.1. The predicted molar refractivity (Wildman–Crippen MR) is 228 cm³/mol. The molecule has 1 amide bonds. The van der Waals surface area contributed by atoms with Crippen molar-refractivity contribution in [1.82, 2.24) is 16.0 Å². The van der Waals surface area contributed by atoms with Crippen LogP contribution in [0, 0.1) is 0 Å². The number of carbonyl (C=O) groups is 3. The minimum atomic E-state index is -4.75. The third kappa shape index (κ3) is 42.7. The average molecular weight is 840 g/mol. The van der Waals surface area contributed by atoms with Gasteiger partial charge in [-0.05, 0) is 38.0 Å². The van der Waals surface area contributed by atoms with Crippen molar-refractivity contribution in [3.63, 3.8) is 0 Å². The minimum absolute atomic E-state index is 0.0224. The lowest BCUT2D eigenvalue weighted by molar-refractivity contribution is -0.121. The highest BCUT2D eigenvalue weighted by Crippen LogP contribution is 2.35. The lowest BCUT2D eigenvalue weighted by Gasteiger charge is -2.19. The second-order valence-corrected chi connectivity index (χ2v) is 17.3. The summed E-state index contributed by atoms with van der Waals surface area (Å²) in [5.41, 5.74) is -1.24. The van der Waals surface area contributed by atoms with E-state index in [1.54, 1.807) is 0 Å². The number of nitrogens with one attached hydrogen (secondary N) is 3. The van der Waals surface area contributed by atoms with Gasteiger partial charge in [0.1, 0.15) is 12.9 Å². The highest BCUT2D eigenvalue weighted by atomic mass is 32.2. The fourth-order valence-electron chi connectivity index (χ4n) is 5.93. The lowest BCUT2D eigenvalue weighted by Crippen LogP contribution is -2.44. The van der Waals surface area contributed by atoms with Gasteiger partial charge in [0.05, 0.1) is 45.8 Å². The summed E-state index contributed by atoms with van der Waals surface area (Å²) in [5.74, 6) is 1.91. The van der Waals surface area contributed by atoms with Gasteiger partial charge in [-0.1, -0.05) is 116 Å². The molecule has 56 heavy (non-hydrogen) atoms. The van der Waals surface area contributed by atoms with Crippen molar-refractivity contribution in [2.75, 3.05) is 84.1 Å². The Bertz CT molecular complexity index is 934. The Hall–Kier alpha value is -0.930. The first kappa shape index (κ1) is 55.1. The van der Waals surface area contributed by atoms with E-state index in [-0.39, 0.29) is 25.2 Å². The molecule has 0 radical (unpaired) electrons. The summed E-state index contributed by atoms with van der Waals surface area (Å²) in [6.07, 6.45) is 28.2. The first-order chi connectivity index (χ1) is 27.3. The van der Waals surface area contributed by atoms with Gasteiger partial charge in [0.15, 0.2) is 0 Å². The molecule has 15 heteroatoms.